The molecule has 1 atom stereocenters. The second-order valence-corrected chi connectivity index (χ2v) is 7.33. The van der Waals surface area contributed by atoms with E-state index >= 15 is 0 Å². The van der Waals surface area contributed by atoms with E-state index in [1.165, 1.54) is 6.07 Å². The second kappa shape index (κ2) is 7.47. The fourth-order valence-corrected chi connectivity index (χ4v) is 4.21. The minimum absolute atomic E-state index is 0.0867. The molecule has 2 aliphatic heterocycles. The predicted molar refractivity (Wildman–Crippen MR) is 88.3 cm³/mol. The molecule has 0 spiro atoms. The van der Waals surface area contributed by atoms with Crippen LogP contribution in [-0.2, 0) is 11.3 Å². The average Bonchev–Trinajstić information content (AvgIpc) is 2.57. The van der Waals surface area contributed by atoms with E-state index in [1.54, 1.807) is 6.07 Å². The summed E-state index contributed by atoms with van der Waals surface area (Å²) < 4.78 is 13.8. The molecule has 1 amide bonds. The molecule has 2 heterocycles. The second-order valence-electron chi connectivity index (χ2n) is 6.10. The van der Waals surface area contributed by atoms with Gasteiger partial charge in [0.25, 0.3) is 0 Å². The first-order valence-electron chi connectivity index (χ1n) is 8.06. The number of halogens is 1. The molecule has 3 rings (SSSR count). The minimum atomic E-state index is -0.149. The summed E-state index contributed by atoms with van der Waals surface area (Å²) in [6, 6.07) is 6.93. The molecule has 0 aromatic heterocycles. The molecule has 0 bridgehead atoms. The highest BCUT2D eigenvalue weighted by Crippen LogP contribution is 2.22. The standard InChI is InChI=1S/C17H23FN2OS/c18-16-6-2-1-4-14(16)12-19-7-3-5-15(13-19)17(21)20-8-10-22-11-9-20/h1-2,4,6,15H,3,5,7-13H2. The van der Waals surface area contributed by atoms with Gasteiger partial charge in [0.05, 0.1) is 5.92 Å². The lowest BCUT2D eigenvalue weighted by atomic mass is 9.96. The first kappa shape index (κ1) is 15.8. The lowest BCUT2D eigenvalue weighted by Crippen LogP contribution is -2.47. The van der Waals surface area contributed by atoms with Crippen molar-refractivity contribution in [3.63, 3.8) is 0 Å². The highest BCUT2D eigenvalue weighted by atomic mass is 32.2. The molecule has 0 radical (unpaired) electrons. The normalized spacial score (nSPS) is 23.5. The fraction of sp³-hybridized carbons (Fsp3) is 0.588. The number of benzene rings is 1. The molecule has 2 saturated heterocycles. The van der Waals surface area contributed by atoms with Crippen LogP contribution in [0.5, 0.6) is 0 Å². The lowest BCUT2D eigenvalue weighted by Gasteiger charge is -2.36. The number of piperidine rings is 1. The molecule has 1 unspecified atom stereocenters. The van der Waals surface area contributed by atoms with Crippen molar-refractivity contribution >= 4 is 17.7 Å². The van der Waals surface area contributed by atoms with Crippen LogP contribution in [-0.4, -0.2) is 53.4 Å². The quantitative estimate of drug-likeness (QED) is 0.855. The third-order valence-corrected chi connectivity index (χ3v) is 5.47. The van der Waals surface area contributed by atoms with E-state index in [1.807, 2.05) is 28.8 Å². The third kappa shape index (κ3) is 3.82. The SMILES string of the molecule is O=C(C1CCCN(Cc2ccccc2F)C1)N1CCSCC1. The van der Waals surface area contributed by atoms with E-state index in [2.05, 4.69) is 4.90 Å². The molecule has 2 fully saturated rings. The summed E-state index contributed by atoms with van der Waals surface area (Å²) in [5, 5.41) is 0. The number of thioether (sulfide) groups is 1. The van der Waals surface area contributed by atoms with Gasteiger partial charge in [0.2, 0.25) is 5.91 Å². The van der Waals surface area contributed by atoms with Gasteiger partial charge in [-0.25, -0.2) is 4.39 Å². The Morgan fingerprint density at radius 1 is 1.23 bits per heavy atom. The van der Waals surface area contributed by atoms with E-state index in [-0.39, 0.29) is 11.7 Å². The van der Waals surface area contributed by atoms with Crippen molar-refractivity contribution in [2.24, 2.45) is 5.92 Å². The minimum Gasteiger partial charge on any atom is -0.341 e. The van der Waals surface area contributed by atoms with Crippen LogP contribution in [0.3, 0.4) is 0 Å². The monoisotopic (exact) mass is 322 g/mol. The molecule has 3 nitrogen and oxygen atoms in total. The summed E-state index contributed by atoms with van der Waals surface area (Å²) >= 11 is 1.92. The third-order valence-electron chi connectivity index (χ3n) is 4.53. The highest BCUT2D eigenvalue weighted by Gasteiger charge is 2.30. The van der Waals surface area contributed by atoms with E-state index < -0.39 is 0 Å². The van der Waals surface area contributed by atoms with Crippen LogP contribution in [0.4, 0.5) is 4.39 Å². The van der Waals surface area contributed by atoms with Gasteiger partial charge in [-0.1, -0.05) is 18.2 Å². The van der Waals surface area contributed by atoms with Crippen molar-refractivity contribution in [3.8, 4) is 0 Å². The molecule has 0 N–H and O–H groups in total. The molecule has 1 aromatic carbocycles. The number of hydrogen-bond acceptors (Lipinski definition) is 3. The Morgan fingerprint density at radius 2 is 2.00 bits per heavy atom. The maximum Gasteiger partial charge on any atom is 0.227 e. The Bertz CT molecular complexity index is 519. The van der Waals surface area contributed by atoms with Gasteiger partial charge in [-0.3, -0.25) is 9.69 Å². The zero-order valence-corrected chi connectivity index (χ0v) is 13.7. The van der Waals surface area contributed by atoms with E-state index in [9.17, 15) is 9.18 Å². The Morgan fingerprint density at radius 3 is 2.77 bits per heavy atom. The van der Waals surface area contributed by atoms with Crippen LogP contribution in [0.2, 0.25) is 0 Å². The van der Waals surface area contributed by atoms with Crippen LogP contribution < -0.4 is 0 Å². The molecule has 2 aliphatic rings. The first-order valence-corrected chi connectivity index (χ1v) is 9.22. The smallest absolute Gasteiger partial charge is 0.227 e. The molecule has 5 heteroatoms. The Kier molecular flexibility index (Phi) is 5.37. The summed E-state index contributed by atoms with van der Waals surface area (Å²) in [5.41, 5.74) is 0.727. The zero-order valence-electron chi connectivity index (χ0n) is 12.8. The number of carbonyl (C=O) groups excluding carboxylic acids is 1. The van der Waals surface area contributed by atoms with Crippen LogP contribution in [0.1, 0.15) is 18.4 Å². The Balaban J connectivity index is 1.59. The maximum absolute atomic E-state index is 13.8. The van der Waals surface area contributed by atoms with Crippen LogP contribution >= 0.6 is 11.8 Å². The molecule has 0 aliphatic carbocycles. The fourth-order valence-electron chi connectivity index (χ4n) is 3.31. The van der Waals surface area contributed by atoms with E-state index in [0.29, 0.717) is 12.5 Å². The van der Waals surface area contributed by atoms with Crippen molar-refractivity contribution in [1.82, 2.24) is 9.80 Å². The van der Waals surface area contributed by atoms with Crippen LogP contribution in [0.15, 0.2) is 24.3 Å². The Hall–Kier alpha value is -1.07. The molecular weight excluding hydrogens is 299 g/mol. The molecular formula is C17H23FN2OS. The molecule has 120 valence electrons. The summed E-state index contributed by atoms with van der Waals surface area (Å²) in [5.74, 6) is 2.35. The Labute approximate surface area is 135 Å². The number of likely N-dealkylation sites (tertiary alicyclic amines) is 1. The summed E-state index contributed by atoms with van der Waals surface area (Å²) in [7, 11) is 0. The topological polar surface area (TPSA) is 23.6 Å². The number of carbonyl (C=O) groups is 1. The molecule has 22 heavy (non-hydrogen) atoms. The highest BCUT2D eigenvalue weighted by molar-refractivity contribution is 7.99. The molecule has 0 saturated carbocycles. The van der Waals surface area contributed by atoms with Crippen molar-refractivity contribution < 1.29 is 9.18 Å². The van der Waals surface area contributed by atoms with Gasteiger partial charge >= 0.3 is 0 Å². The van der Waals surface area contributed by atoms with Gasteiger partial charge in [-0.2, -0.15) is 11.8 Å². The van der Waals surface area contributed by atoms with Crippen molar-refractivity contribution in [3.05, 3.63) is 35.6 Å². The van der Waals surface area contributed by atoms with Gasteiger partial charge < -0.3 is 4.90 Å². The average molecular weight is 322 g/mol. The van der Waals surface area contributed by atoms with Crippen molar-refractivity contribution in [2.45, 2.75) is 19.4 Å². The van der Waals surface area contributed by atoms with Crippen LogP contribution in [0, 0.1) is 11.7 Å². The zero-order chi connectivity index (χ0) is 15.4. The van der Waals surface area contributed by atoms with Gasteiger partial charge in [-0.05, 0) is 25.5 Å². The first-order chi connectivity index (χ1) is 10.7. The van der Waals surface area contributed by atoms with E-state index in [4.69, 9.17) is 0 Å². The largest absolute Gasteiger partial charge is 0.341 e. The number of rotatable bonds is 3. The van der Waals surface area contributed by atoms with Gasteiger partial charge in [0.1, 0.15) is 5.82 Å². The number of nitrogens with zero attached hydrogens (tertiary/aromatic N) is 2. The van der Waals surface area contributed by atoms with Crippen LogP contribution in [0.25, 0.3) is 0 Å². The molecule has 1 aromatic rings. The number of hydrogen-bond donors (Lipinski definition) is 0. The van der Waals surface area contributed by atoms with Gasteiger partial charge in [-0.15, -0.1) is 0 Å². The predicted octanol–water partition coefficient (Wildman–Crippen LogP) is 2.61. The van der Waals surface area contributed by atoms with Gasteiger partial charge in [0.15, 0.2) is 0 Å². The van der Waals surface area contributed by atoms with Crippen molar-refractivity contribution in [2.75, 3.05) is 37.7 Å². The van der Waals surface area contributed by atoms with E-state index in [0.717, 1.165) is 56.1 Å². The van der Waals surface area contributed by atoms with Gasteiger partial charge in [0, 0.05) is 43.2 Å². The summed E-state index contributed by atoms with van der Waals surface area (Å²) in [6.45, 7) is 4.08. The van der Waals surface area contributed by atoms with Crippen molar-refractivity contribution in [1.29, 1.82) is 0 Å². The summed E-state index contributed by atoms with van der Waals surface area (Å²) in [4.78, 5) is 16.9. The lowest BCUT2D eigenvalue weighted by molar-refractivity contribution is -0.137. The number of amides is 1. The summed E-state index contributed by atoms with van der Waals surface area (Å²) in [6.07, 6.45) is 1.99. The maximum atomic E-state index is 13.8.